The Morgan fingerprint density at radius 2 is 2.11 bits per heavy atom. The first-order chi connectivity index (χ1) is 9.15. The molecular weight excluding hydrogens is 249 g/mol. The van der Waals surface area contributed by atoms with E-state index in [2.05, 4.69) is 5.16 Å². The van der Waals surface area contributed by atoms with E-state index in [0.29, 0.717) is 17.2 Å². The lowest BCUT2D eigenvalue weighted by atomic mass is 9.97. The molecule has 1 saturated heterocycles. The van der Waals surface area contributed by atoms with Crippen LogP contribution in [0, 0.1) is 11.7 Å². The van der Waals surface area contributed by atoms with Crippen LogP contribution in [0.2, 0.25) is 0 Å². The molecule has 0 saturated carbocycles. The summed E-state index contributed by atoms with van der Waals surface area (Å²) < 4.78 is 14.0. The maximum atomic E-state index is 14.0. The molecule has 0 unspecified atom stereocenters. The third-order valence-corrected chi connectivity index (χ3v) is 3.56. The number of rotatable bonds is 3. The Balaban J connectivity index is 2.14. The maximum absolute atomic E-state index is 14.0. The number of hydrogen-bond donors (Lipinski definition) is 3. The molecule has 5 nitrogen and oxygen atoms in total. The Labute approximate surface area is 111 Å². The maximum Gasteiger partial charge on any atom is 0.170 e. The summed E-state index contributed by atoms with van der Waals surface area (Å²) in [4.78, 5) is 1.96. The van der Waals surface area contributed by atoms with Gasteiger partial charge in [-0.3, -0.25) is 0 Å². The van der Waals surface area contributed by atoms with Gasteiger partial charge in [-0.2, -0.15) is 0 Å². The number of halogens is 1. The topological polar surface area (TPSA) is 82.1 Å². The Morgan fingerprint density at radius 3 is 2.63 bits per heavy atom. The Kier molecular flexibility index (Phi) is 4.21. The van der Waals surface area contributed by atoms with Crippen molar-refractivity contribution in [3.8, 4) is 0 Å². The number of benzene rings is 1. The second kappa shape index (κ2) is 5.88. The summed E-state index contributed by atoms with van der Waals surface area (Å²) in [5.74, 6) is -0.174. The summed E-state index contributed by atoms with van der Waals surface area (Å²) in [5.41, 5.74) is 6.29. The minimum absolute atomic E-state index is 0.107. The van der Waals surface area contributed by atoms with Gasteiger partial charge >= 0.3 is 0 Å². The highest BCUT2D eigenvalue weighted by Crippen LogP contribution is 2.26. The van der Waals surface area contributed by atoms with E-state index < -0.39 is 0 Å². The second-order valence-electron chi connectivity index (χ2n) is 4.76. The average Bonchev–Trinajstić information content (AvgIpc) is 2.46. The molecule has 0 atom stereocenters. The van der Waals surface area contributed by atoms with Crippen molar-refractivity contribution in [2.24, 2.45) is 16.8 Å². The third kappa shape index (κ3) is 2.96. The first-order valence-electron chi connectivity index (χ1n) is 6.29. The van der Waals surface area contributed by atoms with Crippen molar-refractivity contribution in [2.75, 3.05) is 24.6 Å². The van der Waals surface area contributed by atoms with Gasteiger partial charge < -0.3 is 20.9 Å². The van der Waals surface area contributed by atoms with Crippen LogP contribution in [0.15, 0.2) is 23.4 Å². The fraction of sp³-hybridized carbons (Fsp3) is 0.462. The SMILES string of the molecule is N/C(=N\O)c1ccc(N2CCC(CO)CC2)c(F)c1. The Morgan fingerprint density at radius 1 is 1.42 bits per heavy atom. The molecule has 0 aromatic heterocycles. The third-order valence-electron chi connectivity index (χ3n) is 3.56. The molecule has 0 aliphatic carbocycles. The molecule has 1 aromatic carbocycles. The standard InChI is InChI=1S/C13H18FN3O2/c14-11-7-10(13(15)16-19)1-2-12(11)17-5-3-9(8-18)4-6-17/h1-2,7,9,18-19H,3-6,8H2,(H2,15,16). The van der Waals surface area contributed by atoms with E-state index in [0.717, 1.165) is 25.9 Å². The van der Waals surface area contributed by atoms with Crippen LogP contribution >= 0.6 is 0 Å². The van der Waals surface area contributed by atoms with Crippen LogP contribution in [0.4, 0.5) is 10.1 Å². The lowest BCUT2D eigenvalue weighted by Crippen LogP contribution is -2.35. The number of nitrogens with zero attached hydrogens (tertiary/aromatic N) is 2. The van der Waals surface area contributed by atoms with Gasteiger partial charge in [-0.1, -0.05) is 5.16 Å². The predicted octanol–water partition coefficient (Wildman–Crippen LogP) is 1.13. The summed E-state index contributed by atoms with van der Waals surface area (Å²) in [7, 11) is 0. The minimum Gasteiger partial charge on any atom is -0.409 e. The van der Waals surface area contributed by atoms with Crippen LogP contribution in [0.25, 0.3) is 0 Å². The van der Waals surface area contributed by atoms with Crippen molar-refractivity contribution in [1.82, 2.24) is 0 Å². The monoisotopic (exact) mass is 267 g/mol. The summed E-state index contributed by atoms with van der Waals surface area (Å²) in [6.45, 7) is 1.65. The average molecular weight is 267 g/mol. The number of aliphatic hydroxyl groups excluding tert-OH is 1. The highest BCUT2D eigenvalue weighted by atomic mass is 19.1. The molecular formula is C13H18FN3O2. The minimum atomic E-state index is -0.383. The van der Waals surface area contributed by atoms with E-state index in [1.807, 2.05) is 4.90 Å². The van der Waals surface area contributed by atoms with Crippen LogP contribution < -0.4 is 10.6 Å². The first kappa shape index (κ1) is 13.6. The number of amidine groups is 1. The molecule has 2 rings (SSSR count). The first-order valence-corrected chi connectivity index (χ1v) is 6.29. The van der Waals surface area contributed by atoms with E-state index >= 15 is 0 Å². The molecule has 1 aromatic rings. The van der Waals surface area contributed by atoms with Crippen molar-refractivity contribution in [3.63, 3.8) is 0 Å². The van der Waals surface area contributed by atoms with Crippen molar-refractivity contribution in [3.05, 3.63) is 29.6 Å². The summed E-state index contributed by atoms with van der Waals surface area (Å²) in [6, 6.07) is 4.54. The van der Waals surface area contributed by atoms with Gasteiger partial charge in [0.2, 0.25) is 0 Å². The van der Waals surface area contributed by atoms with Crippen molar-refractivity contribution in [2.45, 2.75) is 12.8 Å². The highest BCUT2D eigenvalue weighted by molar-refractivity contribution is 5.97. The molecule has 104 valence electrons. The van der Waals surface area contributed by atoms with Gasteiger partial charge in [-0.05, 0) is 37.0 Å². The highest BCUT2D eigenvalue weighted by Gasteiger charge is 2.21. The van der Waals surface area contributed by atoms with E-state index in [1.54, 1.807) is 12.1 Å². The van der Waals surface area contributed by atoms with Crippen LogP contribution in [-0.4, -0.2) is 35.8 Å². The van der Waals surface area contributed by atoms with Gasteiger partial charge in [0.05, 0.1) is 5.69 Å². The largest absolute Gasteiger partial charge is 0.409 e. The zero-order chi connectivity index (χ0) is 13.8. The zero-order valence-electron chi connectivity index (χ0n) is 10.6. The van der Waals surface area contributed by atoms with E-state index in [-0.39, 0.29) is 18.3 Å². The number of oxime groups is 1. The van der Waals surface area contributed by atoms with E-state index in [9.17, 15) is 4.39 Å². The van der Waals surface area contributed by atoms with E-state index in [4.69, 9.17) is 16.0 Å². The zero-order valence-corrected chi connectivity index (χ0v) is 10.6. The lowest BCUT2D eigenvalue weighted by molar-refractivity contribution is 0.203. The van der Waals surface area contributed by atoms with Crippen molar-refractivity contribution >= 4 is 11.5 Å². The lowest BCUT2D eigenvalue weighted by Gasteiger charge is -2.33. The van der Waals surface area contributed by atoms with E-state index in [1.165, 1.54) is 6.07 Å². The smallest absolute Gasteiger partial charge is 0.170 e. The number of hydrogen-bond acceptors (Lipinski definition) is 4. The van der Waals surface area contributed by atoms with Gasteiger partial charge in [-0.25, -0.2) is 4.39 Å². The molecule has 1 heterocycles. The van der Waals surface area contributed by atoms with Gasteiger partial charge in [0.1, 0.15) is 5.82 Å². The fourth-order valence-corrected chi connectivity index (χ4v) is 2.34. The van der Waals surface area contributed by atoms with Crippen molar-refractivity contribution < 1.29 is 14.7 Å². The molecule has 4 N–H and O–H groups in total. The van der Waals surface area contributed by atoms with Crippen LogP contribution in [0.5, 0.6) is 0 Å². The molecule has 0 radical (unpaired) electrons. The second-order valence-corrected chi connectivity index (χ2v) is 4.76. The molecule has 1 aliphatic heterocycles. The number of piperidine rings is 1. The van der Waals surface area contributed by atoms with Gasteiger partial charge in [0.15, 0.2) is 5.84 Å². The molecule has 6 heteroatoms. The van der Waals surface area contributed by atoms with Crippen LogP contribution in [-0.2, 0) is 0 Å². The van der Waals surface area contributed by atoms with Gasteiger partial charge in [-0.15, -0.1) is 0 Å². The van der Waals surface area contributed by atoms with Gasteiger partial charge in [0, 0.05) is 25.3 Å². The normalized spacial score (nSPS) is 17.8. The summed E-state index contributed by atoms with van der Waals surface area (Å²) in [5, 5.41) is 20.5. The van der Waals surface area contributed by atoms with Crippen LogP contribution in [0.3, 0.4) is 0 Å². The van der Waals surface area contributed by atoms with Crippen molar-refractivity contribution in [1.29, 1.82) is 0 Å². The number of anilines is 1. The molecule has 1 aliphatic rings. The summed E-state index contributed by atoms with van der Waals surface area (Å²) >= 11 is 0. The molecule has 0 spiro atoms. The number of aliphatic hydroxyl groups is 1. The fourth-order valence-electron chi connectivity index (χ4n) is 2.34. The quantitative estimate of drug-likeness (QED) is 0.332. The Bertz CT molecular complexity index is 471. The molecule has 0 bridgehead atoms. The molecule has 19 heavy (non-hydrogen) atoms. The van der Waals surface area contributed by atoms with Gasteiger partial charge in [0.25, 0.3) is 0 Å². The predicted molar refractivity (Wildman–Crippen MR) is 70.9 cm³/mol. The molecule has 0 amide bonds. The Hall–Kier alpha value is -1.82. The summed E-state index contributed by atoms with van der Waals surface area (Å²) in [6.07, 6.45) is 1.72. The number of nitrogens with two attached hydrogens (primary N) is 1. The van der Waals surface area contributed by atoms with Crippen LogP contribution in [0.1, 0.15) is 18.4 Å². The molecule has 1 fully saturated rings.